The van der Waals surface area contributed by atoms with Gasteiger partial charge in [0.1, 0.15) is 0 Å². The predicted molar refractivity (Wildman–Crippen MR) is 88.6 cm³/mol. The number of hydrogen-bond donors (Lipinski definition) is 1. The number of hydrogen-bond acceptors (Lipinski definition) is 1. The molecule has 0 aromatic rings. The molecule has 110 valence electrons. The summed E-state index contributed by atoms with van der Waals surface area (Å²) in [6.07, 6.45) is 24.9. The first-order chi connectivity index (χ1) is 9.41. The van der Waals surface area contributed by atoms with Crippen LogP contribution in [0.4, 0.5) is 0 Å². The average Bonchev–Trinajstić information content (AvgIpc) is 2.43. The molecule has 0 fully saturated rings. The molecule has 0 aromatic heterocycles. The summed E-state index contributed by atoms with van der Waals surface area (Å²) in [6.45, 7) is 3.34. The van der Waals surface area contributed by atoms with E-state index in [1.807, 2.05) is 7.05 Å². The van der Waals surface area contributed by atoms with Gasteiger partial charge in [0.2, 0.25) is 0 Å². The monoisotopic (exact) mass is 263 g/mol. The maximum absolute atomic E-state index is 3.19. The molecule has 0 aliphatic rings. The van der Waals surface area contributed by atoms with Crippen LogP contribution in [0.15, 0.2) is 36.5 Å². The van der Waals surface area contributed by atoms with Crippen LogP contribution >= 0.6 is 0 Å². The lowest BCUT2D eigenvalue weighted by atomic mass is 10.1. The van der Waals surface area contributed by atoms with Crippen molar-refractivity contribution in [2.75, 3.05) is 13.6 Å². The van der Waals surface area contributed by atoms with Crippen molar-refractivity contribution >= 4 is 0 Å². The second-order valence-corrected chi connectivity index (χ2v) is 4.95. The second-order valence-electron chi connectivity index (χ2n) is 4.95. The fraction of sp³-hybridized carbons (Fsp3) is 0.667. The number of allylic oxidation sites excluding steroid dienone is 6. The summed E-state index contributed by atoms with van der Waals surface area (Å²) < 4.78 is 0. The molecule has 0 atom stereocenters. The fourth-order valence-corrected chi connectivity index (χ4v) is 1.92. The number of unbranched alkanes of at least 4 members (excludes halogenated alkanes) is 5. The molecule has 0 heterocycles. The Labute approximate surface area is 120 Å². The smallest absolute Gasteiger partial charge is 0.00519 e. The van der Waals surface area contributed by atoms with E-state index in [4.69, 9.17) is 0 Å². The molecule has 1 nitrogen and oxygen atoms in total. The van der Waals surface area contributed by atoms with Crippen LogP contribution < -0.4 is 5.32 Å². The van der Waals surface area contributed by atoms with Gasteiger partial charge in [-0.2, -0.15) is 0 Å². The van der Waals surface area contributed by atoms with Gasteiger partial charge in [0.05, 0.1) is 0 Å². The maximum atomic E-state index is 3.19. The van der Waals surface area contributed by atoms with E-state index >= 15 is 0 Å². The van der Waals surface area contributed by atoms with E-state index in [0.29, 0.717) is 0 Å². The molecule has 0 radical (unpaired) electrons. The normalized spacial score (nSPS) is 12.3. The highest BCUT2D eigenvalue weighted by atomic mass is 14.8. The van der Waals surface area contributed by atoms with Gasteiger partial charge in [-0.1, -0.05) is 62.6 Å². The van der Waals surface area contributed by atoms with Gasteiger partial charge < -0.3 is 5.32 Å². The van der Waals surface area contributed by atoms with Gasteiger partial charge in [-0.25, -0.2) is 0 Å². The lowest BCUT2D eigenvalue weighted by Crippen LogP contribution is -2.06. The molecule has 1 N–H and O–H groups in total. The Morgan fingerprint density at radius 3 is 1.95 bits per heavy atom. The summed E-state index contributed by atoms with van der Waals surface area (Å²) in [5, 5.41) is 3.19. The van der Waals surface area contributed by atoms with Crippen molar-refractivity contribution in [1.82, 2.24) is 5.32 Å². The Kier molecular flexibility index (Phi) is 16.4. The van der Waals surface area contributed by atoms with Gasteiger partial charge >= 0.3 is 0 Å². The van der Waals surface area contributed by atoms with Crippen LogP contribution in [-0.4, -0.2) is 13.6 Å². The zero-order valence-electron chi connectivity index (χ0n) is 13.0. The van der Waals surface area contributed by atoms with E-state index in [1.54, 1.807) is 0 Å². The lowest BCUT2D eigenvalue weighted by Gasteiger charge is -1.99. The van der Waals surface area contributed by atoms with E-state index < -0.39 is 0 Å². The quantitative estimate of drug-likeness (QED) is 0.346. The molecule has 0 aliphatic carbocycles. The Balaban J connectivity index is 3.19. The van der Waals surface area contributed by atoms with E-state index in [9.17, 15) is 0 Å². The Bertz CT molecular complexity index is 238. The number of nitrogens with one attached hydrogen (secondary N) is 1. The third kappa shape index (κ3) is 17.2. The first-order valence-corrected chi connectivity index (χ1v) is 8.01. The van der Waals surface area contributed by atoms with E-state index in [0.717, 1.165) is 19.3 Å². The van der Waals surface area contributed by atoms with Crippen molar-refractivity contribution in [3.05, 3.63) is 36.5 Å². The summed E-state index contributed by atoms with van der Waals surface area (Å²) in [5.41, 5.74) is 0. The second kappa shape index (κ2) is 17.2. The van der Waals surface area contributed by atoms with Gasteiger partial charge in [-0.05, 0) is 52.1 Å². The molecule has 0 aromatic carbocycles. The van der Waals surface area contributed by atoms with Crippen LogP contribution in [0.25, 0.3) is 0 Å². The largest absolute Gasteiger partial charge is 0.320 e. The van der Waals surface area contributed by atoms with Gasteiger partial charge in [0, 0.05) is 0 Å². The summed E-state index contributed by atoms with van der Waals surface area (Å²) in [4.78, 5) is 0. The fourth-order valence-electron chi connectivity index (χ4n) is 1.92. The topological polar surface area (TPSA) is 12.0 Å². The van der Waals surface area contributed by atoms with Crippen LogP contribution in [0.1, 0.15) is 64.7 Å². The van der Waals surface area contributed by atoms with Crippen molar-refractivity contribution in [2.45, 2.75) is 64.7 Å². The Hall–Kier alpha value is -0.820. The van der Waals surface area contributed by atoms with E-state index in [-0.39, 0.29) is 0 Å². The molecule has 0 unspecified atom stereocenters. The summed E-state index contributed by atoms with van der Waals surface area (Å²) in [7, 11) is 2.03. The molecule has 0 saturated carbocycles. The van der Waals surface area contributed by atoms with Crippen molar-refractivity contribution < 1.29 is 0 Å². The molecule has 1 heteroatoms. The van der Waals surface area contributed by atoms with Crippen LogP contribution in [0.2, 0.25) is 0 Å². The molecular weight excluding hydrogens is 230 g/mol. The summed E-state index contributed by atoms with van der Waals surface area (Å²) in [5.74, 6) is 0. The molecule has 0 amide bonds. The standard InChI is InChI=1S/C18H33N/c1-3-4-5-6-7-8-9-10-11-12-13-14-15-16-17-18-19-2/h4-5,7-8,10-11,19H,3,6,9,12-18H2,1-2H3/b5-4+,8-7+,11-10+. The van der Waals surface area contributed by atoms with Gasteiger partial charge in [0.15, 0.2) is 0 Å². The van der Waals surface area contributed by atoms with E-state index in [1.165, 1.54) is 45.1 Å². The zero-order valence-corrected chi connectivity index (χ0v) is 13.0. The van der Waals surface area contributed by atoms with Gasteiger partial charge in [-0.15, -0.1) is 0 Å². The Morgan fingerprint density at radius 2 is 1.26 bits per heavy atom. The molecule has 0 bridgehead atoms. The summed E-state index contributed by atoms with van der Waals surface area (Å²) >= 11 is 0. The molecular formula is C18H33N. The first kappa shape index (κ1) is 18.2. The molecule has 0 rings (SSSR count). The van der Waals surface area contributed by atoms with Crippen molar-refractivity contribution in [3.8, 4) is 0 Å². The third-order valence-electron chi connectivity index (χ3n) is 3.08. The van der Waals surface area contributed by atoms with Gasteiger partial charge in [-0.3, -0.25) is 0 Å². The lowest BCUT2D eigenvalue weighted by molar-refractivity contribution is 0.600. The third-order valence-corrected chi connectivity index (χ3v) is 3.08. The zero-order chi connectivity index (χ0) is 14.0. The SMILES string of the molecule is CC/C=C/C/C=C/C/C=C/CCCCCCCNC. The highest BCUT2D eigenvalue weighted by molar-refractivity contribution is 4.96. The molecule has 0 aliphatic heterocycles. The minimum absolute atomic E-state index is 1.08. The minimum Gasteiger partial charge on any atom is -0.320 e. The molecule has 19 heavy (non-hydrogen) atoms. The first-order valence-electron chi connectivity index (χ1n) is 8.01. The molecule has 0 saturated heterocycles. The van der Waals surface area contributed by atoms with Crippen molar-refractivity contribution in [2.24, 2.45) is 0 Å². The van der Waals surface area contributed by atoms with Crippen molar-refractivity contribution in [1.29, 1.82) is 0 Å². The minimum atomic E-state index is 1.08. The van der Waals surface area contributed by atoms with Crippen LogP contribution in [0.3, 0.4) is 0 Å². The highest BCUT2D eigenvalue weighted by Crippen LogP contribution is 2.05. The highest BCUT2D eigenvalue weighted by Gasteiger charge is 1.88. The van der Waals surface area contributed by atoms with Crippen LogP contribution in [-0.2, 0) is 0 Å². The maximum Gasteiger partial charge on any atom is -0.00519 e. The average molecular weight is 263 g/mol. The van der Waals surface area contributed by atoms with Gasteiger partial charge in [0.25, 0.3) is 0 Å². The number of rotatable bonds is 13. The Morgan fingerprint density at radius 1 is 0.684 bits per heavy atom. The summed E-state index contributed by atoms with van der Waals surface area (Å²) in [6, 6.07) is 0. The van der Waals surface area contributed by atoms with Crippen LogP contribution in [0.5, 0.6) is 0 Å². The predicted octanol–water partition coefficient (Wildman–Crippen LogP) is 5.41. The van der Waals surface area contributed by atoms with E-state index in [2.05, 4.69) is 48.7 Å². The van der Waals surface area contributed by atoms with Crippen LogP contribution in [0, 0.1) is 0 Å². The molecule has 0 spiro atoms. The van der Waals surface area contributed by atoms with Crippen molar-refractivity contribution in [3.63, 3.8) is 0 Å².